The number of thiazole rings is 1. The van der Waals surface area contributed by atoms with Crippen molar-refractivity contribution in [1.29, 1.82) is 0 Å². The molecule has 1 aliphatic heterocycles. The van der Waals surface area contributed by atoms with Gasteiger partial charge in [-0.3, -0.25) is 9.80 Å². The second kappa shape index (κ2) is 4.06. The fraction of sp³-hybridized carbons (Fsp3) is 0.556. The predicted octanol–water partition coefficient (Wildman–Crippen LogP) is 1.19. The van der Waals surface area contributed by atoms with Crippen LogP contribution in [-0.2, 0) is 0 Å². The molecule has 0 unspecified atom stereocenters. The van der Waals surface area contributed by atoms with Crippen LogP contribution in [0.5, 0.6) is 0 Å². The van der Waals surface area contributed by atoms with Crippen molar-refractivity contribution in [3.8, 4) is 0 Å². The maximum Gasteiger partial charge on any atom is 0.279 e. The van der Waals surface area contributed by atoms with Gasteiger partial charge in [-0.05, 0) is 19.8 Å². The van der Waals surface area contributed by atoms with Gasteiger partial charge in [0, 0.05) is 13.1 Å². The highest BCUT2D eigenvalue weighted by atomic mass is 32.1. The molecule has 14 heavy (non-hydrogen) atoms. The smallest absolute Gasteiger partial charge is 0.273 e. The zero-order valence-corrected chi connectivity index (χ0v) is 8.93. The van der Waals surface area contributed by atoms with Gasteiger partial charge in [0.2, 0.25) is 0 Å². The Labute approximate surface area is 86.9 Å². The molecule has 5 heteroatoms. The lowest BCUT2D eigenvalue weighted by Crippen LogP contribution is -2.46. The molecule has 1 aromatic heterocycles. The van der Waals surface area contributed by atoms with E-state index in [0.717, 1.165) is 36.5 Å². The summed E-state index contributed by atoms with van der Waals surface area (Å²) in [5.74, 6) is 0.0599. The summed E-state index contributed by atoms with van der Waals surface area (Å²) in [5.41, 5.74) is 5.64. The Kier molecular flexibility index (Phi) is 2.79. The van der Waals surface area contributed by atoms with E-state index >= 15 is 0 Å². The molecular weight excluding hydrogens is 198 g/mol. The Morgan fingerprint density at radius 2 is 2.50 bits per heavy atom. The van der Waals surface area contributed by atoms with Crippen molar-refractivity contribution in [2.75, 3.05) is 13.1 Å². The van der Waals surface area contributed by atoms with Crippen molar-refractivity contribution in [3.63, 3.8) is 0 Å². The van der Waals surface area contributed by atoms with Gasteiger partial charge in [-0.2, -0.15) is 0 Å². The summed E-state index contributed by atoms with van der Waals surface area (Å²) in [6, 6.07) is 0. The first-order valence-electron chi connectivity index (χ1n) is 4.74. The minimum absolute atomic E-state index is 0.0599. The summed E-state index contributed by atoms with van der Waals surface area (Å²) < 4.78 is 0. The van der Waals surface area contributed by atoms with Crippen LogP contribution < -0.4 is 5.43 Å². The third kappa shape index (κ3) is 1.78. The molecule has 2 heterocycles. The SMILES string of the molecule is Cc1ncsc1C(=O)N1CCCCN1. The van der Waals surface area contributed by atoms with Gasteiger partial charge in [0.25, 0.3) is 5.91 Å². The number of hydrogen-bond donors (Lipinski definition) is 1. The van der Waals surface area contributed by atoms with Crippen molar-refractivity contribution in [2.24, 2.45) is 0 Å². The number of rotatable bonds is 1. The van der Waals surface area contributed by atoms with E-state index < -0.39 is 0 Å². The zero-order valence-electron chi connectivity index (χ0n) is 8.12. The Morgan fingerprint density at radius 1 is 1.64 bits per heavy atom. The maximum absolute atomic E-state index is 11.9. The molecule has 1 amide bonds. The maximum atomic E-state index is 11.9. The van der Waals surface area contributed by atoms with Crippen molar-refractivity contribution in [2.45, 2.75) is 19.8 Å². The Balaban J connectivity index is 2.11. The van der Waals surface area contributed by atoms with E-state index in [0.29, 0.717) is 0 Å². The van der Waals surface area contributed by atoms with Crippen LogP contribution in [0, 0.1) is 6.92 Å². The lowest BCUT2D eigenvalue weighted by molar-refractivity contribution is 0.0615. The van der Waals surface area contributed by atoms with E-state index in [1.807, 2.05) is 6.92 Å². The summed E-state index contributed by atoms with van der Waals surface area (Å²) in [5, 5.41) is 1.70. The highest BCUT2D eigenvalue weighted by molar-refractivity contribution is 7.11. The fourth-order valence-corrected chi connectivity index (χ4v) is 2.24. The summed E-state index contributed by atoms with van der Waals surface area (Å²) in [6.45, 7) is 3.56. The number of aryl methyl sites for hydroxylation is 1. The molecule has 1 saturated heterocycles. The third-order valence-corrected chi connectivity index (χ3v) is 3.21. The van der Waals surface area contributed by atoms with Gasteiger partial charge >= 0.3 is 0 Å². The van der Waals surface area contributed by atoms with Crippen LogP contribution in [0.3, 0.4) is 0 Å². The van der Waals surface area contributed by atoms with E-state index in [2.05, 4.69) is 10.4 Å². The average Bonchev–Trinajstić information content (AvgIpc) is 2.65. The molecule has 0 bridgehead atoms. The van der Waals surface area contributed by atoms with Gasteiger partial charge in [0.1, 0.15) is 4.88 Å². The molecule has 76 valence electrons. The first kappa shape index (κ1) is 9.61. The van der Waals surface area contributed by atoms with Crippen LogP contribution in [0.4, 0.5) is 0 Å². The first-order valence-corrected chi connectivity index (χ1v) is 5.62. The molecule has 0 atom stereocenters. The van der Waals surface area contributed by atoms with Gasteiger partial charge in [-0.1, -0.05) is 0 Å². The molecule has 1 fully saturated rings. The second-order valence-electron chi connectivity index (χ2n) is 3.34. The minimum Gasteiger partial charge on any atom is -0.273 e. The number of nitrogens with one attached hydrogen (secondary N) is 1. The van der Waals surface area contributed by atoms with Crippen molar-refractivity contribution < 1.29 is 4.79 Å². The zero-order chi connectivity index (χ0) is 9.97. The Bertz CT molecular complexity index is 331. The fourth-order valence-electron chi connectivity index (χ4n) is 1.49. The normalized spacial score (nSPS) is 17.1. The molecule has 1 N–H and O–H groups in total. The number of hydrogen-bond acceptors (Lipinski definition) is 4. The molecule has 0 radical (unpaired) electrons. The molecule has 1 aliphatic rings. The molecule has 0 aromatic carbocycles. The molecule has 4 nitrogen and oxygen atoms in total. The average molecular weight is 211 g/mol. The number of nitrogens with zero attached hydrogens (tertiary/aromatic N) is 2. The number of hydrazine groups is 1. The summed E-state index contributed by atoms with van der Waals surface area (Å²) in [6.07, 6.45) is 2.22. The Hall–Kier alpha value is -0.940. The number of aromatic nitrogens is 1. The molecule has 1 aromatic rings. The summed E-state index contributed by atoms with van der Waals surface area (Å²) in [4.78, 5) is 16.7. The summed E-state index contributed by atoms with van der Waals surface area (Å²) in [7, 11) is 0. The quantitative estimate of drug-likeness (QED) is 0.759. The summed E-state index contributed by atoms with van der Waals surface area (Å²) >= 11 is 1.41. The van der Waals surface area contributed by atoms with E-state index in [9.17, 15) is 4.79 Å². The van der Waals surface area contributed by atoms with E-state index in [-0.39, 0.29) is 5.91 Å². The number of amides is 1. The molecule has 0 saturated carbocycles. The van der Waals surface area contributed by atoms with Gasteiger partial charge in [0.15, 0.2) is 0 Å². The van der Waals surface area contributed by atoms with Gasteiger partial charge in [-0.25, -0.2) is 10.4 Å². The van der Waals surface area contributed by atoms with Crippen LogP contribution in [0.15, 0.2) is 5.51 Å². The van der Waals surface area contributed by atoms with Gasteiger partial charge in [-0.15, -0.1) is 11.3 Å². The first-order chi connectivity index (χ1) is 6.79. The monoisotopic (exact) mass is 211 g/mol. The standard InChI is InChI=1S/C9H13N3OS/c1-7-8(14-6-10-7)9(13)12-5-3-2-4-11-12/h6,11H,2-5H2,1H3. The predicted molar refractivity (Wildman–Crippen MR) is 55.1 cm³/mol. The van der Waals surface area contributed by atoms with E-state index in [1.165, 1.54) is 11.3 Å². The third-order valence-electron chi connectivity index (χ3n) is 2.30. The lowest BCUT2D eigenvalue weighted by atomic mass is 10.2. The van der Waals surface area contributed by atoms with Crippen LogP contribution in [0.1, 0.15) is 28.2 Å². The number of carbonyl (C=O) groups is 1. The molecular formula is C9H13N3OS. The van der Waals surface area contributed by atoms with Crippen LogP contribution in [0.2, 0.25) is 0 Å². The Morgan fingerprint density at radius 3 is 3.07 bits per heavy atom. The number of carbonyl (C=O) groups excluding carboxylic acids is 1. The van der Waals surface area contributed by atoms with E-state index in [1.54, 1.807) is 10.5 Å². The van der Waals surface area contributed by atoms with Crippen molar-refractivity contribution >= 4 is 17.2 Å². The second-order valence-corrected chi connectivity index (χ2v) is 4.19. The van der Waals surface area contributed by atoms with E-state index in [4.69, 9.17) is 0 Å². The minimum atomic E-state index is 0.0599. The van der Waals surface area contributed by atoms with Crippen LogP contribution >= 0.6 is 11.3 Å². The van der Waals surface area contributed by atoms with Crippen molar-refractivity contribution in [1.82, 2.24) is 15.4 Å². The van der Waals surface area contributed by atoms with Gasteiger partial charge < -0.3 is 0 Å². The van der Waals surface area contributed by atoms with Crippen molar-refractivity contribution in [3.05, 3.63) is 16.1 Å². The van der Waals surface area contributed by atoms with Crippen LogP contribution in [-0.4, -0.2) is 29.0 Å². The molecule has 0 spiro atoms. The lowest BCUT2D eigenvalue weighted by Gasteiger charge is -2.27. The topological polar surface area (TPSA) is 45.2 Å². The molecule has 0 aliphatic carbocycles. The molecule has 2 rings (SSSR count). The van der Waals surface area contributed by atoms with Crippen LogP contribution in [0.25, 0.3) is 0 Å². The largest absolute Gasteiger partial charge is 0.279 e. The highest BCUT2D eigenvalue weighted by Crippen LogP contribution is 2.15. The van der Waals surface area contributed by atoms with Gasteiger partial charge in [0.05, 0.1) is 11.2 Å². The highest BCUT2D eigenvalue weighted by Gasteiger charge is 2.20.